The van der Waals surface area contributed by atoms with Gasteiger partial charge in [-0.2, -0.15) is 4.31 Å². The van der Waals surface area contributed by atoms with Gasteiger partial charge in [-0.25, -0.2) is 8.42 Å². The molecule has 1 aliphatic rings. The van der Waals surface area contributed by atoms with E-state index in [2.05, 4.69) is 10.2 Å². The third-order valence-corrected chi connectivity index (χ3v) is 7.06. The molecule has 2 aromatic rings. The van der Waals surface area contributed by atoms with Gasteiger partial charge in [0.2, 0.25) is 10.0 Å². The summed E-state index contributed by atoms with van der Waals surface area (Å²) < 4.78 is 27.4. The summed E-state index contributed by atoms with van der Waals surface area (Å²) in [7, 11) is -3.66. The lowest BCUT2D eigenvalue weighted by molar-refractivity contribution is -0.385. The van der Waals surface area contributed by atoms with Crippen molar-refractivity contribution in [2.24, 2.45) is 0 Å². The van der Waals surface area contributed by atoms with Crippen LogP contribution in [0.4, 0.5) is 11.4 Å². The van der Waals surface area contributed by atoms with Crippen molar-refractivity contribution in [1.29, 1.82) is 0 Å². The fourth-order valence-electron chi connectivity index (χ4n) is 3.37. The number of nitro benzene ring substituents is 1. The number of hydrogen-bond acceptors (Lipinski definition) is 6. The number of carbonyl (C=O) groups is 1. The van der Waals surface area contributed by atoms with Crippen LogP contribution in [0.15, 0.2) is 47.4 Å². The zero-order valence-electron chi connectivity index (χ0n) is 16.9. The molecule has 0 radical (unpaired) electrons. The Labute approximate surface area is 175 Å². The molecule has 1 N–H and O–H groups in total. The molecule has 0 aromatic heterocycles. The Morgan fingerprint density at radius 3 is 2.43 bits per heavy atom. The Morgan fingerprint density at radius 1 is 1.13 bits per heavy atom. The van der Waals surface area contributed by atoms with Crippen LogP contribution >= 0.6 is 0 Å². The minimum atomic E-state index is -3.66. The molecule has 1 fully saturated rings. The van der Waals surface area contributed by atoms with E-state index in [9.17, 15) is 23.3 Å². The highest BCUT2D eigenvalue weighted by atomic mass is 32.2. The van der Waals surface area contributed by atoms with Crippen LogP contribution in [0.1, 0.15) is 22.8 Å². The molecule has 10 heteroatoms. The van der Waals surface area contributed by atoms with E-state index in [1.54, 1.807) is 19.1 Å². The molecule has 0 aliphatic carbocycles. The predicted octanol–water partition coefficient (Wildman–Crippen LogP) is 2.48. The number of piperazine rings is 1. The van der Waals surface area contributed by atoms with Crippen LogP contribution < -0.4 is 5.32 Å². The molecule has 1 saturated heterocycles. The average Bonchev–Trinajstić information content (AvgIpc) is 2.73. The second-order valence-corrected chi connectivity index (χ2v) is 9.02. The number of nitro groups is 1. The van der Waals surface area contributed by atoms with Gasteiger partial charge in [-0.3, -0.25) is 14.9 Å². The van der Waals surface area contributed by atoms with Gasteiger partial charge in [0, 0.05) is 49.1 Å². The number of hydrogen-bond donors (Lipinski definition) is 1. The smallest absolute Gasteiger partial charge is 0.272 e. The van der Waals surface area contributed by atoms with Gasteiger partial charge < -0.3 is 10.2 Å². The minimum absolute atomic E-state index is 0.0668. The van der Waals surface area contributed by atoms with Crippen molar-refractivity contribution in [3.05, 3.63) is 63.7 Å². The van der Waals surface area contributed by atoms with E-state index in [1.807, 2.05) is 6.92 Å². The summed E-state index contributed by atoms with van der Waals surface area (Å²) in [6, 6.07) is 10.2. The first-order valence-corrected chi connectivity index (χ1v) is 11.1. The van der Waals surface area contributed by atoms with Gasteiger partial charge in [-0.15, -0.1) is 0 Å². The van der Waals surface area contributed by atoms with Crippen molar-refractivity contribution in [2.45, 2.75) is 18.7 Å². The number of benzene rings is 2. The summed E-state index contributed by atoms with van der Waals surface area (Å²) in [4.78, 5) is 25.3. The minimum Gasteiger partial charge on any atom is -0.322 e. The number of aryl methyl sites for hydroxylation is 1. The molecule has 0 unspecified atom stereocenters. The van der Waals surface area contributed by atoms with Crippen LogP contribution in [0.5, 0.6) is 0 Å². The Kier molecular flexibility index (Phi) is 6.49. The fraction of sp³-hybridized carbons (Fsp3) is 0.350. The van der Waals surface area contributed by atoms with Crippen LogP contribution in [0.25, 0.3) is 0 Å². The molecular weight excluding hydrogens is 408 g/mol. The lowest BCUT2D eigenvalue weighted by atomic mass is 10.1. The van der Waals surface area contributed by atoms with E-state index in [-0.39, 0.29) is 16.1 Å². The van der Waals surface area contributed by atoms with Gasteiger partial charge in [-0.1, -0.05) is 13.0 Å². The SMILES string of the molecule is CCN1CCN(S(=O)(=O)c2cccc(NC(=O)c3ccc([N+](=O)[O-])c(C)c3)c2)CC1. The van der Waals surface area contributed by atoms with E-state index in [4.69, 9.17) is 0 Å². The molecule has 1 amide bonds. The van der Waals surface area contributed by atoms with Crippen molar-refractivity contribution in [3.63, 3.8) is 0 Å². The van der Waals surface area contributed by atoms with Gasteiger partial charge in [0.15, 0.2) is 0 Å². The summed E-state index contributed by atoms with van der Waals surface area (Å²) in [6.45, 7) is 6.71. The molecule has 30 heavy (non-hydrogen) atoms. The second-order valence-electron chi connectivity index (χ2n) is 7.08. The lowest BCUT2D eigenvalue weighted by Crippen LogP contribution is -2.48. The van der Waals surface area contributed by atoms with Crippen molar-refractivity contribution < 1.29 is 18.1 Å². The number of anilines is 1. The Morgan fingerprint density at radius 2 is 1.83 bits per heavy atom. The normalized spacial score (nSPS) is 15.7. The topological polar surface area (TPSA) is 113 Å². The molecule has 160 valence electrons. The maximum atomic E-state index is 13.0. The zero-order chi connectivity index (χ0) is 21.9. The van der Waals surface area contributed by atoms with Gasteiger partial charge in [0.25, 0.3) is 11.6 Å². The van der Waals surface area contributed by atoms with Gasteiger partial charge in [-0.05, 0) is 43.8 Å². The number of sulfonamides is 1. The van der Waals surface area contributed by atoms with Crippen LogP contribution in [-0.2, 0) is 10.0 Å². The highest BCUT2D eigenvalue weighted by Crippen LogP contribution is 2.23. The average molecular weight is 433 g/mol. The molecule has 0 spiro atoms. The first kappa shape index (κ1) is 21.9. The highest BCUT2D eigenvalue weighted by molar-refractivity contribution is 7.89. The van der Waals surface area contributed by atoms with Gasteiger partial charge >= 0.3 is 0 Å². The number of carbonyl (C=O) groups excluding carboxylic acids is 1. The Hall–Kier alpha value is -2.82. The number of nitrogens with zero attached hydrogens (tertiary/aromatic N) is 3. The lowest BCUT2D eigenvalue weighted by Gasteiger charge is -2.33. The van der Waals surface area contributed by atoms with E-state index < -0.39 is 20.9 Å². The summed E-state index contributed by atoms with van der Waals surface area (Å²) in [6.07, 6.45) is 0. The number of amides is 1. The first-order valence-electron chi connectivity index (χ1n) is 9.61. The first-order chi connectivity index (χ1) is 14.2. The standard InChI is InChI=1S/C20H24N4O5S/c1-3-22-9-11-23(12-10-22)30(28,29)18-6-4-5-17(14-18)21-20(25)16-7-8-19(24(26)27)15(2)13-16/h4-8,13-14H,3,9-12H2,1-2H3,(H,21,25). The maximum absolute atomic E-state index is 13.0. The number of nitrogens with one attached hydrogen (secondary N) is 1. The molecule has 3 rings (SSSR count). The van der Waals surface area contributed by atoms with Crippen LogP contribution in [0.2, 0.25) is 0 Å². The van der Waals surface area contributed by atoms with Crippen molar-refractivity contribution in [3.8, 4) is 0 Å². The summed E-state index contributed by atoms with van der Waals surface area (Å²) in [5.74, 6) is -0.473. The molecule has 1 aliphatic heterocycles. The van der Waals surface area contributed by atoms with E-state index in [0.29, 0.717) is 37.4 Å². The van der Waals surface area contributed by atoms with E-state index >= 15 is 0 Å². The molecule has 0 bridgehead atoms. The quantitative estimate of drug-likeness (QED) is 0.554. The monoisotopic (exact) mass is 432 g/mol. The van der Waals surface area contributed by atoms with Crippen LogP contribution in [0, 0.1) is 17.0 Å². The summed E-state index contributed by atoms with van der Waals surface area (Å²) in [5.41, 5.74) is 0.893. The van der Waals surface area contributed by atoms with Gasteiger partial charge in [0.05, 0.1) is 9.82 Å². The maximum Gasteiger partial charge on any atom is 0.272 e. The van der Waals surface area contributed by atoms with Gasteiger partial charge in [0.1, 0.15) is 0 Å². The second kappa shape index (κ2) is 8.90. The fourth-order valence-corrected chi connectivity index (χ4v) is 4.84. The van der Waals surface area contributed by atoms with Crippen LogP contribution in [-0.4, -0.2) is 61.2 Å². The molecule has 0 saturated carbocycles. The largest absolute Gasteiger partial charge is 0.322 e. The van der Waals surface area contributed by atoms with Crippen molar-refractivity contribution in [2.75, 3.05) is 38.0 Å². The highest BCUT2D eigenvalue weighted by Gasteiger charge is 2.28. The van der Waals surface area contributed by atoms with E-state index in [1.165, 1.54) is 34.6 Å². The van der Waals surface area contributed by atoms with Crippen LogP contribution in [0.3, 0.4) is 0 Å². The molecule has 9 nitrogen and oxygen atoms in total. The Bertz CT molecular complexity index is 1060. The number of rotatable bonds is 6. The molecule has 0 atom stereocenters. The zero-order valence-corrected chi connectivity index (χ0v) is 17.7. The van der Waals surface area contributed by atoms with E-state index in [0.717, 1.165) is 6.54 Å². The molecule has 2 aromatic carbocycles. The summed E-state index contributed by atoms with van der Waals surface area (Å²) >= 11 is 0. The molecule has 1 heterocycles. The predicted molar refractivity (Wildman–Crippen MR) is 113 cm³/mol. The van der Waals surface area contributed by atoms with Crippen molar-refractivity contribution >= 4 is 27.3 Å². The van der Waals surface area contributed by atoms with Crippen molar-refractivity contribution in [1.82, 2.24) is 9.21 Å². The molecular formula is C20H24N4O5S. The number of likely N-dealkylation sites (N-methyl/N-ethyl adjacent to an activating group) is 1. The summed E-state index contributed by atoms with van der Waals surface area (Å²) in [5, 5.41) is 13.6. The Balaban J connectivity index is 1.76. The third kappa shape index (κ3) is 4.66. The third-order valence-electron chi connectivity index (χ3n) is 5.16.